The zero-order chi connectivity index (χ0) is 15.1. The van der Waals surface area contributed by atoms with E-state index in [1.165, 1.54) is 0 Å². The Hall–Kier alpha value is -0.740. The molecule has 1 aromatic heterocycles. The van der Waals surface area contributed by atoms with Gasteiger partial charge in [0.15, 0.2) is 0 Å². The molecule has 0 spiro atoms. The van der Waals surface area contributed by atoms with Crippen LogP contribution in [0.5, 0.6) is 0 Å². The normalized spacial score (nSPS) is 11.4. The molecule has 0 atom stereocenters. The van der Waals surface area contributed by atoms with E-state index in [0.717, 1.165) is 16.0 Å². The van der Waals surface area contributed by atoms with Gasteiger partial charge < -0.3 is 0 Å². The Morgan fingerprint density at radius 3 is 2.37 bits per heavy atom. The van der Waals surface area contributed by atoms with Crippen LogP contribution in [0.15, 0.2) is 51.6 Å². The number of hydrogen-bond acceptors (Lipinski definition) is 2. The molecule has 0 unspecified atom stereocenters. The van der Waals surface area contributed by atoms with Gasteiger partial charge >= 0.3 is 0 Å². The van der Waals surface area contributed by atoms with Crippen molar-refractivity contribution in [1.82, 2.24) is 4.98 Å². The predicted molar refractivity (Wildman–Crippen MR) is 92.0 cm³/mol. The minimum absolute atomic E-state index is 0.317. The van der Waals surface area contributed by atoms with E-state index in [2.05, 4.69) is 68.8 Å². The van der Waals surface area contributed by atoms with Gasteiger partial charge in [0.1, 0.15) is 4.60 Å². The quantitative estimate of drug-likeness (QED) is 0.372. The standard InChI is InChI=1S/C13H14Br2N2.C2H6/c1-5-10(16-9(2)14)13(3,4)11-7-6-8-12(15)17-11;1-2/h5-8H,1-2H2,3-4H3;1-2H3/b16-10+;. The van der Waals surface area contributed by atoms with Crippen molar-refractivity contribution in [2.45, 2.75) is 33.1 Å². The maximum absolute atomic E-state index is 4.46. The molecular weight excluding hydrogens is 368 g/mol. The van der Waals surface area contributed by atoms with Crippen molar-refractivity contribution in [2.75, 3.05) is 0 Å². The molecule has 0 aromatic carbocycles. The first-order chi connectivity index (χ1) is 8.87. The summed E-state index contributed by atoms with van der Waals surface area (Å²) >= 11 is 6.61. The minimum Gasteiger partial charge on any atom is -0.246 e. The van der Waals surface area contributed by atoms with Crippen molar-refractivity contribution >= 4 is 37.6 Å². The Labute approximate surface area is 133 Å². The molecule has 0 saturated heterocycles. The van der Waals surface area contributed by atoms with Crippen molar-refractivity contribution < 1.29 is 0 Å². The van der Waals surface area contributed by atoms with Gasteiger partial charge in [0.2, 0.25) is 0 Å². The molecule has 0 aliphatic heterocycles. The minimum atomic E-state index is -0.317. The van der Waals surface area contributed by atoms with Crippen LogP contribution in [0.2, 0.25) is 0 Å². The van der Waals surface area contributed by atoms with Crippen LogP contribution in [0.3, 0.4) is 0 Å². The van der Waals surface area contributed by atoms with Gasteiger partial charge in [-0.15, -0.1) is 0 Å². The van der Waals surface area contributed by atoms with Gasteiger partial charge in [0.05, 0.1) is 16.0 Å². The molecule has 1 heterocycles. The number of halogens is 2. The lowest BCUT2D eigenvalue weighted by Crippen LogP contribution is -2.28. The molecule has 4 heteroatoms. The Balaban J connectivity index is 0.00000154. The lowest BCUT2D eigenvalue weighted by Gasteiger charge is -2.24. The number of allylic oxidation sites excluding steroid dienone is 1. The van der Waals surface area contributed by atoms with Crippen molar-refractivity contribution in [3.63, 3.8) is 0 Å². The van der Waals surface area contributed by atoms with Gasteiger partial charge in [-0.25, -0.2) is 9.98 Å². The summed E-state index contributed by atoms with van der Waals surface area (Å²) in [6.07, 6.45) is 1.73. The second kappa shape index (κ2) is 8.43. The summed E-state index contributed by atoms with van der Waals surface area (Å²) in [7, 11) is 0. The van der Waals surface area contributed by atoms with E-state index >= 15 is 0 Å². The summed E-state index contributed by atoms with van der Waals surface area (Å²) in [6, 6.07) is 5.83. The fourth-order valence-corrected chi connectivity index (χ4v) is 1.99. The zero-order valence-electron chi connectivity index (χ0n) is 11.9. The van der Waals surface area contributed by atoms with Crippen LogP contribution in [-0.2, 0) is 5.41 Å². The summed E-state index contributed by atoms with van der Waals surface area (Å²) in [5, 5.41) is 0. The third-order valence-corrected chi connectivity index (χ3v) is 3.05. The van der Waals surface area contributed by atoms with E-state index in [4.69, 9.17) is 0 Å². The average Bonchev–Trinajstić information content (AvgIpc) is 2.38. The number of aliphatic imine (C=N–C) groups is 1. The molecule has 0 radical (unpaired) electrons. The zero-order valence-corrected chi connectivity index (χ0v) is 15.0. The maximum atomic E-state index is 4.46. The highest BCUT2D eigenvalue weighted by atomic mass is 79.9. The summed E-state index contributed by atoms with van der Waals surface area (Å²) in [6.45, 7) is 15.6. The maximum Gasteiger partial charge on any atom is 0.106 e. The van der Waals surface area contributed by atoms with Gasteiger partial charge in [-0.3, -0.25) is 0 Å². The molecular formula is C15H20Br2N2. The molecule has 2 nitrogen and oxygen atoms in total. The van der Waals surface area contributed by atoms with Gasteiger partial charge in [-0.1, -0.05) is 33.1 Å². The lowest BCUT2D eigenvalue weighted by atomic mass is 9.83. The number of nitrogens with zero attached hydrogens (tertiary/aromatic N) is 2. The summed E-state index contributed by atoms with van der Waals surface area (Å²) in [4.78, 5) is 8.80. The smallest absolute Gasteiger partial charge is 0.106 e. The monoisotopic (exact) mass is 386 g/mol. The van der Waals surface area contributed by atoms with Crippen molar-refractivity contribution in [3.05, 3.63) is 52.3 Å². The van der Waals surface area contributed by atoms with Crippen LogP contribution in [0.25, 0.3) is 0 Å². The molecule has 0 saturated carbocycles. The lowest BCUT2D eigenvalue weighted by molar-refractivity contribution is 0.688. The van der Waals surface area contributed by atoms with Crippen LogP contribution < -0.4 is 0 Å². The molecule has 1 aromatic rings. The highest BCUT2D eigenvalue weighted by Crippen LogP contribution is 2.26. The SMILES string of the molecule is C=C/C(=N\C(=C)Br)C(C)(C)c1cccc(Br)n1.CC. The molecule has 0 aliphatic rings. The molecule has 19 heavy (non-hydrogen) atoms. The van der Waals surface area contributed by atoms with E-state index in [1.807, 2.05) is 32.0 Å². The molecule has 0 bridgehead atoms. The summed E-state index contributed by atoms with van der Waals surface area (Å²) in [5.74, 6) is 0. The first-order valence-corrected chi connectivity index (χ1v) is 7.65. The largest absolute Gasteiger partial charge is 0.246 e. The molecule has 0 amide bonds. The Kier molecular flexibility index (Phi) is 8.11. The summed E-state index contributed by atoms with van der Waals surface area (Å²) in [5.41, 5.74) is 1.44. The van der Waals surface area contributed by atoms with Crippen LogP contribution in [0, 0.1) is 0 Å². The molecule has 104 valence electrons. The topological polar surface area (TPSA) is 25.2 Å². The fourth-order valence-electron chi connectivity index (χ4n) is 1.46. The van der Waals surface area contributed by atoms with Crippen molar-refractivity contribution in [1.29, 1.82) is 0 Å². The second-order valence-corrected chi connectivity index (χ2v) is 5.78. The van der Waals surface area contributed by atoms with E-state index in [0.29, 0.717) is 4.61 Å². The van der Waals surface area contributed by atoms with Gasteiger partial charge in [-0.2, -0.15) is 0 Å². The number of hydrogen-bond donors (Lipinski definition) is 0. The Morgan fingerprint density at radius 2 is 1.95 bits per heavy atom. The highest BCUT2D eigenvalue weighted by molar-refractivity contribution is 9.11. The van der Waals surface area contributed by atoms with Gasteiger partial charge in [-0.05, 0) is 63.9 Å². The number of aromatic nitrogens is 1. The molecule has 0 N–H and O–H groups in total. The van der Waals surface area contributed by atoms with Crippen LogP contribution in [0.1, 0.15) is 33.4 Å². The van der Waals surface area contributed by atoms with Crippen LogP contribution in [-0.4, -0.2) is 10.7 Å². The summed E-state index contributed by atoms with van der Waals surface area (Å²) < 4.78 is 1.39. The molecule has 0 fully saturated rings. The molecule has 0 aliphatic carbocycles. The van der Waals surface area contributed by atoms with Gasteiger partial charge in [0.25, 0.3) is 0 Å². The Bertz CT molecular complexity index is 477. The predicted octanol–water partition coefficient (Wildman–Crippen LogP) is 5.64. The van der Waals surface area contributed by atoms with E-state index in [-0.39, 0.29) is 5.41 Å². The first kappa shape index (κ1) is 18.3. The van der Waals surface area contributed by atoms with Crippen molar-refractivity contribution in [2.24, 2.45) is 4.99 Å². The highest BCUT2D eigenvalue weighted by Gasteiger charge is 2.27. The second-order valence-electron chi connectivity index (χ2n) is 4.05. The third kappa shape index (κ3) is 5.41. The van der Waals surface area contributed by atoms with E-state index in [1.54, 1.807) is 6.08 Å². The van der Waals surface area contributed by atoms with Gasteiger partial charge in [0, 0.05) is 5.41 Å². The number of rotatable bonds is 4. The van der Waals surface area contributed by atoms with Crippen LogP contribution >= 0.6 is 31.9 Å². The average molecular weight is 388 g/mol. The molecule has 1 rings (SSSR count). The number of pyridine rings is 1. The fraction of sp³-hybridized carbons (Fsp3) is 0.333. The van der Waals surface area contributed by atoms with Crippen molar-refractivity contribution in [3.8, 4) is 0 Å². The van der Waals surface area contributed by atoms with Crippen LogP contribution in [0.4, 0.5) is 0 Å². The van der Waals surface area contributed by atoms with E-state index in [9.17, 15) is 0 Å². The van der Waals surface area contributed by atoms with E-state index < -0.39 is 0 Å². The Morgan fingerprint density at radius 1 is 1.37 bits per heavy atom. The third-order valence-electron chi connectivity index (χ3n) is 2.43. The first-order valence-electron chi connectivity index (χ1n) is 6.07.